The average Bonchev–Trinajstić information content (AvgIpc) is 3.36. The maximum absolute atomic E-state index is 13.9. The lowest BCUT2D eigenvalue weighted by Gasteiger charge is -2.32. The number of nitrogens with one attached hydrogen (secondary N) is 2. The highest BCUT2D eigenvalue weighted by molar-refractivity contribution is 6.17. The Labute approximate surface area is 250 Å². The minimum atomic E-state index is -0.970. The van der Waals surface area contributed by atoms with Crippen LogP contribution in [-0.4, -0.2) is 58.4 Å². The normalized spacial score (nSPS) is 17.3. The van der Waals surface area contributed by atoms with Crippen molar-refractivity contribution in [3.63, 3.8) is 0 Å². The molecule has 6 N–H and O–H groups in total. The first kappa shape index (κ1) is 30.9. The molecule has 0 aliphatic heterocycles. The van der Waals surface area contributed by atoms with Gasteiger partial charge in [0, 0.05) is 38.0 Å². The van der Waals surface area contributed by atoms with E-state index in [9.17, 15) is 14.4 Å². The Hall–Kier alpha value is -4.06. The third kappa shape index (κ3) is 6.70. The minimum absolute atomic E-state index is 0. The van der Waals surface area contributed by atoms with Gasteiger partial charge in [-0.2, -0.15) is 0 Å². The van der Waals surface area contributed by atoms with Crippen molar-refractivity contribution < 1.29 is 9.59 Å². The number of rotatable bonds is 8. The van der Waals surface area contributed by atoms with E-state index in [1.165, 1.54) is 4.90 Å². The zero-order valence-electron chi connectivity index (χ0n) is 23.7. The molecule has 2 amide bonds. The highest BCUT2D eigenvalue weighted by atomic mass is 35.5. The number of hydrogen-bond acceptors (Lipinski definition) is 8. The number of aromatic amines is 2. The van der Waals surface area contributed by atoms with Gasteiger partial charge in [0.1, 0.15) is 0 Å². The summed E-state index contributed by atoms with van der Waals surface area (Å²) >= 11 is 0. The van der Waals surface area contributed by atoms with Crippen LogP contribution in [0.3, 0.4) is 0 Å². The number of fused-ring (bicyclic) bond motifs is 1. The van der Waals surface area contributed by atoms with E-state index in [0.29, 0.717) is 48.0 Å². The van der Waals surface area contributed by atoms with Gasteiger partial charge in [0.05, 0.1) is 22.8 Å². The van der Waals surface area contributed by atoms with E-state index in [1.54, 1.807) is 30.6 Å². The predicted molar refractivity (Wildman–Crippen MR) is 167 cm³/mol. The Morgan fingerprint density at radius 1 is 0.976 bits per heavy atom. The number of H-pyrrole nitrogens is 2. The summed E-state index contributed by atoms with van der Waals surface area (Å²) in [5, 5.41) is 0. The predicted octanol–water partition coefficient (Wildman–Crippen LogP) is 3.00. The van der Waals surface area contributed by atoms with Crippen LogP contribution in [0, 0.1) is 11.8 Å². The number of benzene rings is 2. The van der Waals surface area contributed by atoms with Gasteiger partial charge in [-0.25, -0.2) is 19.7 Å². The van der Waals surface area contributed by atoms with Gasteiger partial charge in [0.2, 0.25) is 11.9 Å². The molecule has 0 unspecified atom stereocenters. The van der Waals surface area contributed by atoms with E-state index < -0.39 is 11.9 Å². The quantitative estimate of drug-likeness (QED) is 0.242. The second-order valence-electron chi connectivity index (χ2n) is 11.0. The number of carbonyl (C=O) groups excluding carboxylic acids is 2. The number of aromatic nitrogens is 4. The van der Waals surface area contributed by atoms with Crippen LogP contribution in [0.2, 0.25) is 0 Å². The fourth-order valence-corrected chi connectivity index (χ4v) is 5.44. The Balaban J connectivity index is 0.00000405. The lowest BCUT2D eigenvalue weighted by atomic mass is 9.81. The second-order valence-corrected chi connectivity index (χ2v) is 11.0. The van der Waals surface area contributed by atoms with Crippen molar-refractivity contribution in [3.8, 4) is 11.1 Å². The van der Waals surface area contributed by atoms with Crippen LogP contribution in [0.5, 0.6) is 0 Å². The molecule has 2 aromatic heterocycles. The molecule has 0 radical (unpaired) electrons. The number of carbonyl (C=O) groups is 2. The van der Waals surface area contributed by atoms with Gasteiger partial charge in [-0.05, 0) is 73.9 Å². The highest BCUT2D eigenvalue weighted by Crippen LogP contribution is 2.32. The first-order valence-electron chi connectivity index (χ1n) is 13.9. The van der Waals surface area contributed by atoms with Gasteiger partial charge >= 0.3 is 5.69 Å². The zero-order chi connectivity index (χ0) is 29.1. The first-order valence-corrected chi connectivity index (χ1v) is 13.9. The monoisotopic (exact) mass is 592 g/mol. The maximum Gasteiger partial charge on any atom is 0.323 e. The molecule has 1 fully saturated rings. The van der Waals surface area contributed by atoms with Gasteiger partial charge in [-0.3, -0.25) is 9.59 Å². The van der Waals surface area contributed by atoms with Crippen molar-refractivity contribution in [2.75, 3.05) is 30.4 Å². The molecular formula is C30H37ClN8O3. The molecule has 1 aliphatic carbocycles. The van der Waals surface area contributed by atoms with Crippen molar-refractivity contribution in [2.45, 2.75) is 38.1 Å². The van der Waals surface area contributed by atoms with Crippen LogP contribution in [-0.2, 0) is 16.0 Å². The lowest BCUT2D eigenvalue weighted by Crippen LogP contribution is -2.50. The van der Waals surface area contributed by atoms with Crippen LogP contribution < -0.4 is 27.0 Å². The van der Waals surface area contributed by atoms with Crippen LogP contribution in [0.25, 0.3) is 22.2 Å². The zero-order valence-corrected chi connectivity index (χ0v) is 24.6. The SMILES string of the molecule is CN(C)c1ncc(-c2cccc(C[C@H](N)C(=O)N(C(=O)C3CCC(CN)CC3)c3ccc4[nH]c(=O)[nH]c4c3)c2)cn1.Cl. The van der Waals surface area contributed by atoms with Crippen molar-refractivity contribution in [1.82, 2.24) is 19.9 Å². The lowest BCUT2D eigenvalue weighted by molar-refractivity contribution is -0.130. The van der Waals surface area contributed by atoms with Gasteiger partial charge < -0.3 is 26.3 Å². The van der Waals surface area contributed by atoms with Crippen molar-refractivity contribution in [3.05, 3.63) is 70.9 Å². The first-order chi connectivity index (χ1) is 19.7. The summed E-state index contributed by atoms with van der Waals surface area (Å²) in [5.41, 5.74) is 16.1. The molecular weight excluding hydrogens is 556 g/mol. The topological polar surface area (TPSA) is 167 Å². The number of anilines is 2. The number of nitrogens with zero attached hydrogens (tertiary/aromatic N) is 4. The fraction of sp³-hybridized carbons (Fsp3) is 0.367. The molecule has 2 heterocycles. The summed E-state index contributed by atoms with van der Waals surface area (Å²) in [5.74, 6) is -0.0603. The molecule has 0 saturated heterocycles. The molecule has 5 rings (SSSR count). The second kappa shape index (κ2) is 13.3. The Kier molecular flexibility index (Phi) is 9.77. The summed E-state index contributed by atoms with van der Waals surface area (Å²) in [4.78, 5) is 56.8. The maximum atomic E-state index is 13.9. The fourth-order valence-electron chi connectivity index (χ4n) is 5.44. The number of halogens is 1. The average molecular weight is 593 g/mol. The largest absolute Gasteiger partial charge is 0.347 e. The molecule has 0 bridgehead atoms. The third-order valence-corrected chi connectivity index (χ3v) is 7.80. The molecule has 42 heavy (non-hydrogen) atoms. The molecule has 1 atom stereocenters. The van der Waals surface area contributed by atoms with Crippen LogP contribution in [0.15, 0.2) is 59.7 Å². The number of amides is 2. The number of nitrogens with two attached hydrogens (primary N) is 2. The summed E-state index contributed by atoms with van der Waals surface area (Å²) in [6, 6.07) is 11.7. The molecule has 0 spiro atoms. The van der Waals surface area contributed by atoms with Crippen LogP contribution in [0.4, 0.5) is 11.6 Å². The summed E-state index contributed by atoms with van der Waals surface area (Å²) in [6.45, 7) is 0.594. The van der Waals surface area contributed by atoms with E-state index in [2.05, 4.69) is 19.9 Å². The summed E-state index contributed by atoms with van der Waals surface area (Å²) in [6.07, 6.45) is 6.77. The van der Waals surface area contributed by atoms with Crippen LogP contribution in [0.1, 0.15) is 31.2 Å². The highest BCUT2D eigenvalue weighted by Gasteiger charge is 2.35. The van der Waals surface area contributed by atoms with Crippen molar-refractivity contribution in [2.24, 2.45) is 23.3 Å². The van der Waals surface area contributed by atoms with Crippen molar-refractivity contribution in [1.29, 1.82) is 0 Å². The third-order valence-electron chi connectivity index (χ3n) is 7.80. The van der Waals surface area contributed by atoms with Gasteiger partial charge in [-0.15, -0.1) is 12.4 Å². The Morgan fingerprint density at radius 3 is 2.33 bits per heavy atom. The Morgan fingerprint density at radius 2 is 1.67 bits per heavy atom. The van der Waals surface area contributed by atoms with E-state index in [0.717, 1.165) is 29.5 Å². The number of imide groups is 1. The van der Waals surface area contributed by atoms with E-state index in [4.69, 9.17) is 11.5 Å². The molecule has 11 nitrogen and oxygen atoms in total. The van der Waals surface area contributed by atoms with Gasteiger partial charge in [-0.1, -0.05) is 24.3 Å². The van der Waals surface area contributed by atoms with Crippen LogP contribution >= 0.6 is 12.4 Å². The standard InChI is InChI=1S/C30H36N8O3.ClH/c1-37(2)29-33-16-22(17-34-29)21-5-3-4-19(12-21)13-24(32)28(40)38(27(39)20-8-6-18(15-31)7-9-20)23-10-11-25-26(14-23)36-30(41)35-25;/h3-5,10-12,14,16-18,20,24H,6-9,13,15,31-32H2,1-2H3,(H2,35,36,41);1H/t18?,20?,24-;/m0./s1. The van der Waals surface area contributed by atoms with E-state index in [1.807, 2.05) is 43.3 Å². The van der Waals surface area contributed by atoms with Crippen molar-refractivity contribution >= 4 is 46.9 Å². The minimum Gasteiger partial charge on any atom is -0.347 e. The van der Waals surface area contributed by atoms with Gasteiger partial charge in [0.15, 0.2) is 0 Å². The molecule has 1 saturated carbocycles. The number of hydrogen-bond donors (Lipinski definition) is 4. The van der Waals surface area contributed by atoms with E-state index >= 15 is 0 Å². The smallest absolute Gasteiger partial charge is 0.323 e. The van der Waals surface area contributed by atoms with Gasteiger partial charge in [0.25, 0.3) is 5.91 Å². The molecule has 2 aromatic carbocycles. The molecule has 222 valence electrons. The number of imidazole rings is 1. The molecule has 1 aliphatic rings. The summed E-state index contributed by atoms with van der Waals surface area (Å²) in [7, 11) is 3.76. The molecule has 4 aromatic rings. The Bertz CT molecular complexity index is 1590. The summed E-state index contributed by atoms with van der Waals surface area (Å²) < 4.78 is 0. The molecule has 12 heteroatoms. The van der Waals surface area contributed by atoms with E-state index in [-0.39, 0.29) is 36.3 Å².